The van der Waals surface area contributed by atoms with Gasteiger partial charge in [0.2, 0.25) is 21.8 Å². The Labute approximate surface area is 358 Å². The number of cyclic esters (lactones) is 1. The van der Waals surface area contributed by atoms with Crippen molar-refractivity contribution in [2.24, 2.45) is 11.3 Å². The minimum atomic E-state index is -3.88. The zero-order chi connectivity index (χ0) is 42.9. The van der Waals surface area contributed by atoms with Gasteiger partial charge in [-0.15, -0.1) is 0 Å². The van der Waals surface area contributed by atoms with Gasteiger partial charge in [-0.25, -0.2) is 18.2 Å². The molecule has 14 nitrogen and oxygen atoms in total. The van der Waals surface area contributed by atoms with E-state index in [1.165, 1.54) is 4.90 Å². The minimum absolute atomic E-state index is 0.0172. The van der Waals surface area contributed by atoms with Gasteiger partial charge in [-0.3, -0.25) is 19.1 Å². The monoisotopic (exact) mass is 857 g/mol. The van der Waals surface area contributed by atoms with Crippen LogP contribution in [0.25, 0.3) is 22.2 Å². The van der Waals surface area contributed by atoms with Crippen LogP contribution in [0.4, 0.5) is 4.79 Å². The number of benzene rings is 2. The number of hydrogen-bond acceptors (Lipinski definition) is 10. The van der Waals surface area contributed by atoms with Gasteiger partial charge < -0.3 is 29.7 Å². The number of aryl methyl sites for hydroxylation is 1. The van der Waals surface area contributed by atoms with Gasteiger partial charge in [-0.1, -0.05) is 82.7 Å². The maximum absolute atomic E-state index is 14.8. The van der Waals surface area contributed by atoms with Gasteiger partial charge in [0, 0.05) is 29.5 Å². The van der Waals surface area contributed by atoms with E-state index in [1.54, 1.807) is 7.11 Å². The van der Waals surface area contributed by atoms with Crippen molar-refractivity contribution in [1.29, 1.82) is 0 Å². The second-order valence-electron chi connectivity index (χ2n) is 18.6. The standard InChI is InChI=1S/C46H59N5O9S/c1-45(2)21-13-12-16-30-22-34-37(25-39(30)58-3)47-36(29-14-8-7-9-15-29)24-40(34)60-32-23-38-41(52)49-46(43(54)50-61(56,57)33-19-20-33)26-31(46)17-10-5-4-6-11-18-35(42(53)51(38)27-32)48-44(55)59-28-45/h7-9,14-15,22,24-25,31-33,35,38H,4-6,10-13,16-21,23,26-28H2,1-3H3,(H,48,55)(H,49,52)(H,50,54)/t31-,32-,35+,38+,46-/m1/s1. The van der Waals surface area contributed by atoms with Crippen LogP contribution in [0.15, 0.2) is 48.5 Å². The number of pyridine rings is 1. The normalized spacial score (nSPS) is 27.7. The summed E-state index contributed by atoms with van der Waals surface area (Å²) in [5.74, 6) is -0.755. The van der Waals surface area contributed by atoms with Crippen molar-refractivity contribution in [2.75, 3.05) is 20.3 Å². The van der Waals surface area contributed by atoms with E-state index in [0.717, 1.165) is 67.9 Å². The molecule has 2 saturated heterocycles. The van der Waals surface area contributed by atoms with Crippen molar-refractivity contribution in [3.63, 3.8) is 0 Å². The highest BCUT2D eigenvalue weighted by Crippen LogP contribution is 2.48. The van der Waals surface area contributed by atoms with Crippen molar-refractivity contribution in [3.05, 3.63) is 54.1 Å². The predicted molar refractivity (Wildman–Crippen MR) is 229 cm³/mol. The van der Waals surface area contributed by atoms with E-state index in [9.17, 15) is 27.6 Å². The highest BCUT2D eigenvalue weighted by atomic mass is 32.2. The highest BCUT2D eigenvalue weighted by Gasteiger charge is 2.62. The Morgan fingerprint density at radius 1 is 0.951 bits per heavy atom. The van der Waals surface area contributed by atoms with Crippen LogP contribution in [0.1, 0.15) is 109 Å². The SMILES string of the molecule is COc1cc2nc(-c3ccccc3)cc3c2cc1CCCCC(C)(C)COC(=O)N[C@H]1CCCCCCC[C@@H]2C[C@@]2(C(=O)NS(=O)(=O)C2CC2)NC(=O)[C@@H]2C[C@H](CN2C1=O)O3. The number of nitrogens with one attached hydrogen (secondary N) is 3. The average Bonchev–Trinajstić information content (AvgIpc) is 4.17. The number of alkyl carbamates (subject to hydrolysis) is 1. The molecule has 0 spiro atoms. The Hall–Kier alpha value is -4.92. The summed E-state index contributed by atoms with van der Waals surface area (Å²) in [5, 5.41) is 6.00. The van der Waals surface area contributed by atoms with Gasteiger partial charge in [0.15, 0.2) is 0 Å². The number of carbonyl (C=O) groups is 4. The predicted octanol–water partition coefficient (Wildman–Crippen LogP) is 6.33. The largest absolute Gasteiger partial charge is 0.496 e. The van der Waals surface area contributed by atoms with Gasteiger partial charge in [-0.05, 0) is 74.3 Å². The Kier molecular flexibility index (Phi) is 12.2. The second kappa shape index (κ2) is 17.5. The van der Waals surface area contributed by atoms with Crippen molar-refractivity contribution in [3.8, 4) is 22.8 Å². The Morgan fingerprint density at radius 2 is 1.70 bits per heavy atom. The van der Waals surface area contributed by atoms with Crippen LogP contribution in [0.3, 0.4) is 0 Å². The molecule has 5 aliphatic rings. The zero-order valence-corrected chi connectivity index (χ0v) is 36.3. The van der Waals surface area contributed by atoms with Crippen LogP contribution >= 0.6 is 0 Å². The maximum Gasteiger partial charge on any atom is 0.407 e. The lowest BCUT2D eigenvalue weighted by Crippen LogP contribution is -2.58. The first kappa shape index (κ1) is 42.8. The fourth-order valence-electron chi connectivity index (χ4n) is 9.38. The van der Waals surface area contributed by atoms with Gasteiger partial charge in [0.1, 0.15) is 35.2 Å². The Balaban J connectivity index is 1.18. The molecular formula is C46H59N5O9S. The lowest BCUT2D eigenvalue weighted by atomic mass is 9.87. The van der Waals surface area contributed by atoms with Gasteiger partial charge in [-0.2, -0.15) is 0 Å². The smallest absolute Gasteiger partial charge is 0.407 e. The summed E-state index contributed by atoms with van der Waals surface area (Å²) >= 11 is 0. The second-order valence-corrected chi connectivity index (χ2v) is 20.5. The number of amides is 4. The van der Waals surface area contributed by atoms with E-state index in [-0.39, 0.29) is 30.9 Å². The molecule has 5 atom stereocenters. The molecule has 3 aromatic rings. The fourth-order valence-corrected chi connectivity index (χ4v) is 10.7. The third-order valence-corrected chi connectivity index (χ3v) is 15.0. The molecule has 3 N–H and O–H groups in total. The quantitative estimate of drug-likeness (QED) is 0.262. The average molecular weight is 858 g/mol. The number of nitrogens with zero attached hydrogens (tertiary/aromatic N) is 2. The van der Waals surface area contributed by atoms with Crippen LogP contribution in [0.2, 0.25) is 0 Å². The molecule has 2 aromatic carbocycles. The summed E-state index contributed by atoms with van der Waals surface area (Å²) in [5.41, 5.74) is 1.46. The number of rotatable bonds is 5. The molecule has 4 fully saturated rings. The Bertz CT molecular complexity index is 2270. The summed E-state index contributed by atoms with van der Waals surface area (Å²) in [6.07, 6.45) is 8.30. The number of sulfonamides is 1. The number of methoxy groups -OCH3 is 1. The van der Waals surface area contributed by atoms with Crippen LogP contribution in [-0.4, -0.2) is 91.4 Å². The molecule has 1 aromatic heterocycles. The van der Waals surface area contributed by atoms with Crippen molar-refractivity contribution in [2.45, 2.75) is 139 Å². The first-order chi connectivity index (χ1) is 29.2. The number of hydrogen-bond donors (Lipinski definition) is 3. The van der Waals surface area contributed by atoms with E-state index in [2.05, 4.69) is 35.3 Å². The number of carbonyl (C=O) groups excluding carboxylic acids is 4. The van der Waals surface area contributed by atoms with Crippen LogP contribution in [0.5, 0.6) is 11.5 Å². The fraction of sp³-hybridized carbons (Fsp3) is 0.587. The third kappa shape index (κ3) is 9.61. The number of aromatic nitrogens is 1. The molecule has 328 valence electrons. The van der Waals surface area contributed by atoms with Gasteiger partial charge in [0.25, 0.3) is 5.91 Å². The zero-order valence-electron chi connectivity index (χ0n) is 35.5. The number of fused-ring (bicyclic) bond motifs is 4. The molecule has 4 heterocycles. The van der Waals surface area contributed by atoms with Gasteiger partial charge in [0.05, 0.1) is 36.7 Å². The molecule has 61 heavy (non-hydrogen) atoms. The summed E-state index contributed by atoms with van der Waals surface area (Å²) in [4.78, 5) is 63.4. The Morgan fingerprint density at radius 3 is 2.46 bits per heavy atom. The van der Waals surface area contributed by atoms with Crippen LogP contribution in [-0.2, 0) is 35.6 Å². The summed E-state index contributed by atoms with van der Waals surface area (Å²) < 4.78 is 46.8. The third-order valence-electron chi connectivity index (χ3n) is 13.2. The molecule has 4 amide bonds. The highest BCUT2D eigenvalue weighted by molar-refractivity contribution is 7.91. The molecule has 0 radical (unpaired) electrons. The van der Waals surface area contributed by atoms with E-state index >= 15 is 0 Å². The minimum Gasteiger partial charge on any atom is -0.496 e. The molecule has 3 aliphatic heterocycles. The lowest BCUT2D eigenvalue weighted by molar-refractivity contribution is -0.141. The van der Waals surface area contributed by atoms with Crippen molar-refractivity contribution in [1.82, 2.24) is 25.2 Å². The van der Waals surface area contributed by atoms with Crippen molar-refractivity contribution < 1.29 is 41.8 Å². The molecule has 8 rings (SSSR count). The molecule has 2 aliphatic carbocycles. The maximum atomic E-state index is 14.8. The van der Waals surface area contributed by atoms with E-state index < -0.39 is 62.8 Å². The first-order valence-electron chi connectivity index (χ1n) is 22.1. The summed E-state index contributed by atoms with van der Waals surface area (Å²) in [6, 6.07) is 13.6. The molecule has 0 unspecified atom stereocenters. The number of ether oxygens (including phenoxy) is 3. The van der Waals surface area contributed by atoms with Gasteiger partial charge >= 0.3 is 6.09 Å². The molecule has 15 heteroatoms. The lowest BCUT2D eigenvalue weighted by Gasteiger charge is -2.30. The molecule has 2 saturated carbocycles. The summed E-state index contributed by atoms with van der Waals surface area (Å²) in [7, 11) is -2.24. The van der Waals surface area contributed by atoms with Crippen LogP contribution < -0.4 is 24.8 Å². The molecular weight excluding hydrogens is 799 g/mol. The molecule has 5 bridgehead atoms. The van der Waals surface area contributed by atoms with Crippen LogP contribution in [0, 0.1) is 11.3 Å². The van der Waals surface area contributed by atoms with E-state index in [1.807, 2.05) is 42.5 Å². The topological polar surface area (TPSA) is 182 Å². The summed E-state index contributed by atoms with van der Waals surface area (Å²) in [6.45, 7) is 4.29. The van der Waals surface area contributed by atoms with E-state index in [4.69, 9.17) is 19.2 Å². The van der Waals surface area contributed by atoms with Crippen molar-refractivity contribution >= 4 is 44.7 Å². The van der Waals surface area contributed by atoms with E-state index in [0.29, 0.717) is 61.2 Å². The first-order valence-corrected chi connectivity index (χ1v) is 23.7.